The van der Waals surface area contributed by atoms with Crippen LogP contribution in [-0.2, 0) is 10.0 Å². The topological polar surface area (TPSA) is 128 Å². The molecule has 1 aliphatic carbocycles. The van der Waals surface area contributed by atoms with Crippen molar-refractivity contribution < 1.29 is 22.9 Å². The van der Waals surface area contributed by atoms with Gasteiger partial charge in [-0.25, -0.2) is 8.42 Å². The maximum absolute atomic E-state index is 12.6. The summed E-state index contributed by atoms with van der Waals surface area (Å²) in [6, 6.07) is 9.42. The second kappa shape index (κ2) is 7.23. The van der Waals surface area contributed by atoms with Gasteiger partial charge < -0.3 is 10.1 Å². The number of sulfonamides is 1. The van der Waals surface area contributed by atoms with Gasteiger partial charge in [-0.3, -0.25) is 19.6 Å². The van der Waals surface area contributed by atoms with Crippen molar-refractivity contribution in [3.8, 4) is 5.75 Å². The molecular formula is C17H17N3O6S. The van der Waals surface area contributed by atoms with E-state index in [1.165, 1.54) is 37.4 Å². The molecule has 0 bridgehead atoms. The zero-order valence-corrected chi connectivity index (χ0v) is 15.2. The summed E-state index contributed by atoms with van der Waals surface area (Å²) < 4.78 is 32.6. The summed E-state index contributed by atoms with van der Waals surface area (Å²) in [4.78, 5) is 21.9. The number of carbonyl (C=O) groups is 1. The molecule has 27 heavy (non-hydrogen) atoms. The number of hydrogen-bond acceptors (Lipinski definition) is 6. The maximum Gasteiger partial charge on any atom is 0.271 e. The SMILES string of the molecule is COc1ccc([N+](=O)[O-])cc1S(=O)(=O)Nc1ccc(C(=O)NC2CC2)cc1. The summed E-state index contributed by atoms with van der Waals surface area (Å²) in [5, 5.41) is 13.8. The number of nitro groups is 1. The van der Waals surface area contributed by atoms with Crippen molar-refractivity contribution in [3.63, 3.8) is 0 Å². The zero-order valence-electron chi connectivity index (χ0n) is 14.3. The van der Waals surface area contributed by atoms with Crippen molar-refractivity contribution in [3.05, 3.63) is 58.1 Å². The Morgan fingerprint density at radius 2 is 1.85 bits per heavy atom. The van der Waals surface area contributed by atoms with E-state index in [9.17, 15) is 23.3 Å². The molecule has 0 spiro atoms. The lowest BCUT2D eigenvalue weighted by molar-refractivity contribution is -0.385. The van der Waals surface area contributed by atoms with Gasteiger partial charge in [-0.05, 0) is 43.2 Å². The van der Waals surface area contributed by atoms with Gasteiger partial charge in [0.2, 0.25) is 0 Å². The first-order chi connectivity index (χ1) is 12.8. The zero-order chi connectivity index (χ0) is 19.6. The molecule has 1 fully saturated rings. The first-order valence-electron chi connectivity index (χ1n) is 8.06. The van der Waals surface area contributed by atoms with E-state index in [2.05, 4.69) is 10.0 Å². The van der Waals surface area contributed by atoms with Crippen LogP contribution in [0, 0.1) is 10.1 Å². The van der Waals surface area contributed by atoms with Gasteiger partial charge in [0, 0.05) is 29.4 Å². The highest BCUT2D eigenvalue weighted by Gasteiger charge is 2.25. The molecule has 1 amide bonds. The molecule has 0 unspecified atom stereocenters. The number of methoxy groups -OCH3 is 1. The van der Waals surface area contributed by atoms with Crippen LogP contribution in [0.5, 0.6) is 5.75 Å². The van der Waals surface area contributed by atoms with Gasteiger partial charge in [0.1, 0.15) is 10.6 Å². The molecule has 0 aromatic heterocycles. The minimum atomic E-state index is -4.13. The number of nitrogens with zero attached hydrogens (tertiary/aromatic N) is 1. The molecule has 1 aliphatic rings. The van der Waals surface area contributed by atoms with E-state index >= 15 is 0 Å². The van der Waals surface area contributed by atoms with E-state index in [4.69, 9.17) is 4.74 Å². The first kappa shape index (κ1) is 18.6. The summed E-state index contributed by atoms with van der Waals surface area (Å²) >= 11 is 0. The molecule has 0 saturated heterocycles. The molecule has 0 atom stereocenters. The Hall–Kier alpha value is -3.14. The van der Waals surface area contributed by atoms with Gasteiger partial charge in [-0.1, -0.05) is 0 Å². The van der Waals surface area contributed by atoms with Gasteiger partial charge in [0.05, 0.1) is 12.0 Å². The number of ether oxygens (including phenoxy) is 1. The fourth-order valence-electron chi connectivity index (χ4n) is 2.39. The van der Waals surface area contributed by atoms with Crippen LogP contribution in [0.15, 0.2) is 47.4 Å². The van der Waals surface area contributed by atoms with E-state index in [1.807, 2.05) is 0 Å². The highest BCUT2D eigenvalue weighted by atomic mass is 32.2. The summed E-state index contributed by atoms with van der Waals surface area (Å²) in [7, 11) is -2.86. The summed E-state index contributed by atoms with van der Waals surface area (Å²) in [5.41, 5.74) is 0.257. The van der Waals surface area contributed by atoms with Gasteiger partial charge in [-0.2, -0.15) is 0 Å². The number of amides is 1. The van der Waals surface area contributed by atoms with E-state index in [-0.39, 0.29) is 34.0 Å². The second-order valence-electron chi connectivity index (χ2n) is 6.02. The number of nitrogens with one attached hydrogen (secondary N) is 2. The number of nitro benzene ring substituents is 1. The Morgan fingerprint density at radius 1 is 1.19 bits per heavy atom. The summed E-state index contributed by atoms with van der Waals surface area (Å²) in [6.07, 6.45) is 1.93. The van der Waals surface area contributed by atoms with Crippen molar-refractivity contribution >= 4 is 27.3 Å². The average molecular weight is 391 g/mol. The molecule has 0 heterocycles. The molecule has 2 aromatic rings. The predicted octanol–water partition coefficient (Wildman–Crippen LogP) is 2.30. The molecule has 10 heteroatoms. The van der Waals surface area contributed by atoms with Crippen molar-refractivity contribution in [2.45, 2.75) is 23.8 Å². The largest absolute Gasteiger partial charge is 0.495 e. The summed E-state index contributed by atoms with van der Waals surface area (Å²) in [5.74, 6) is -0.235. The van der Waals surface area contributed by atoms with Gasteiger partial charge >= 0.3 is 0 Å². The molecule has 142 valence electrons. The smallest absolute Gasteiger partial charge is 0.271 e. The van der Waals surface area contributed by atoms with Crippen molar-refractivity contribution in [1.29, 1.82) is 0 Å². The van der Waals surface area contributed by atoms with Crippen molar-refractivity contribution in [1.82, 2.24) is 5.32 Å². The van der Waals surface area contributed by atoms with Gasteiger partial charge in [-0.15, -0.1) is 0 Å². The quantitative estimate of drug-likeness (QED) is 0.551. The van der Waals surface area contributed by atoms with Crippen LogP contribution in [-0.4, -0.2) is 32.4 Å². The first-order valence-corrected chi connectivity index (χ1v) is 9.54. The lowest BCUT2D eigenvalue weighted by atomic mass is 10.2. The number of hydrogen-bond donors (Lipinski definition) is 2. The minimum absolute atomic E-state index is 0.0199. The molecule has 2 N–H and O–H groups in total. The predicted molar refractivity (Wildman–Crippen MR) is 97.4 cm³/mol. The molecule has 1 saturated carbocycles. The second-order valence-corrected chi connectivity index (χ2v) is 7.67. The standard InChI is InChI=1S/C17H17N3O6S/c1-26-15-9-8-14(20(22)23)10-16(15)27(24,25)19-13-4-2-11(3-5-13)17(21)18-12-6-7-12/h2-5,8-10,12,19H,6-7H2,1H3,(H,18,21). The van der Waals surface area contributed by atoms with E-state index < -0.39 is 14.9 Å². The minimum Gasteiger partial charge on any atom is -0.495 e. The third kappa shape index (κ3) is 4.34. The van der Waals surface area contributed by atoms with Crippen molar-refractivity contribution in [2.75, 3.05) is 11.8 Å². The Kier molecular flexibility index (Phi) is 5.00. The van der Waals surface area contributed by atoms with Crippen LogP contribution < -0.4 is 14.8 Å². The average Bonchev–Trinajstić information content (AvgIpc) is 3.45. The highest BCUT2D eigenvalue weighted by Crippen LogP contribution is 2.29. The van der Waals surface area contributed by atoms with Gasteiger partial charge in [0.15, 0.2) is 0 Å². The number of anilines is 1. The number of rotatable bonds is 7. The van der Waals surface area contributed by atoms with Crippen LogP contribution in [0.3, 0.4) is 0 Å². The monoisotopic (exact) mass is 391 g/mol. The molecule has 0 radical (unpaired) electrons. The third-order valence-electron chi connectivity index (χ3n) is 3.96. The van der Waals surface area contributed by atoms with Crippen LogP contribution in [0.1, 0.15) is 23.2 Å². The lowest BCUT2D eigenvalue weighted by Gasteiger charge is -2.12. The molecule has 0 aliphatic heterocycles. The number of non-ortho nitro benzene ring substituents is 1. The lowest BCUT2D eigenvalue weighted by Crippen LogP contribution is -2.25. The van der Waals surface area contributed by atoms with E-state index in [0.717, 1.165) is 25.0 Å². The molecular weight excluding hydrogens is 374 g/mol. The van der Waals surface area contributed by atoms with Crippen LogP contribution in [0.2, 0.25) is 0 Å². The molecule has 3 rings (SSSR count). The molecule has 9 nitrogen and oxygen atoms in total. The third-order valence-corrected chi connectivity index (χ3v) is 5.36. The Bertz CT molecular complexity index is 984. The van der Waals surface area contributed by atoms with Gasteiger partial charge in [0.25, 0.3) is 21.6 Å². The number of benzene rings is 2. The maximum atomic E-state index is 12.6. The fourth-order valence-corrected chi connectivity index (χ4v) is 3.63. The summed E-state index contributed by atoms with van der Waals surface area (Å²) in [6.45, 7) is 0. The highest BCUT2D eigenvalue weighted by molar-refractivity contribution is 7.92. The van der Waals surface area contributed by atoms with Crippen LogP contribution in [0.4, 0.5) is 11.4 Å². The van der Waals surface area contributed by atoms with Crippen LogP contribution >= 0.6 is 0 Å². The molecule has 2 aromatic carbocycles. The van der Waals surface area contributed by atoms with Crippen molar-refractivity contribution in [2.24, 2.45) is 0 Å². The normalized spacial score (nSPS) is 13.7. The fraction of sp³-hybridized carbons (Fsp3) is 0.235. The van der Waals surface area contributed by atoms with E-state index in [0.29, 0.717) is 5.56 Å². The Morgan fingerprint density at radius 3 is 2.41 bits per heavy atom. The van der Waals surface area contributed by atoms with Crippen LogP contribution in [0.25, 0.3) is 0 Å². The number of carbonyl (C=O) groups excluding carboxylic acids is 1. The Labute approximate surface area is 155 Å². The van der Waals surface area contributed by atoms with E-state index in [1.54, 1.807) is 0 Å². The Balaban J connectivity index is 1.82.